The number of nitrogens with one attached hydrogen (secondary N) is 2. The van der Waals surface area contributed by atoms with E-state index < -0.39 is 5.66 Å². The van der Waals surface area contributed by atoms with Gasteiger partial charge in [-0.3, -0.25) is 19.5 Å². The molecular formula is C22H24N4O3. The molecule has 1 saturated heterocycles. The number of carbonyl (C=O) groups excluding carboxylic acids is 2. The molecule has 1 fully saturated rings. The highest BCUT2D eigenvalue weighted by molar-refractivity contribution is 6.46. The van der Waals surface area contributed by atoms with E-state index in [9.17, 15) is 9.59 Å². The molecule has 150 valence electrons. The zero-order chi connectivity index (χ0) is 20.3. The lowest BCUT2D eigenvalue weighted by atomic mass is 9.98. The van der Waals surface area contributed by atoms with Crippen LogP contribution in [0.1, 0.15) is 18.4 Å². The molecule has 2 aromatic rings. The third-order valence-corrected chi connectivity index (χ3v) is 5.36. The lowest BCUT2D eigenvalue weighted by molar-refractivity contribution is -0.119. The van der Waals surface area contributed by atoms with E-state index >= 15 is 0 Å². The number of benzene rings is 2. The van der Waals surface area contributed by atoms with Gasteiger partial charge in [-0.1, -0.05) is 30.3 Å². The monoisotopic (exact) mass is 392 g/mol. The molecular weight excluding hydrogens is 368 g/mol. The molecule has 0 atom stereocenters. The third-order valence-electron chi connectivity index (χ3n) is 5.36. The van der Waals surface area contributed by atoms with Gasteiger partial charge < -0.3 is 15.4 Å². The first kappa shape index (κ1) is 19.1. The second kappa shape index (κ2) is 8.05. The Bertz CT molecular complexity index is 917. The standard InChI is InChI=1S/C22H24N4O3/c1-29-18-9-7-17(8-10-18)23-19(27)15-26-13-11-22(12-14-26)24-20(21(28)25-22)16-5-3-2-4-6-16/h2-10H,11-15H2,1H3,(H,23,27)(H,25,28). The second-order valence-electron chi connectivity index (χ2n) is 7.36. The maximum atomic E-state index is 12.4. The van der Waals surface area contributed by atoms with Crippen LogP contribution >= 0.6 is 0 Å². The summed E-state index contributed by atoms with van der Waals surface area (Å²) in [6.07, 6.45) is 1.37. The van der Waals surface area contributed by atoms with Crippen LogP contribution in [0.2, 0.25) is 0 Å². The number of aliphatic imine (C=N–C) groups is 1. The van der Waals surface area contributed by atoms with E-state index in [2.05, 4.69) is 15.5 Å². The Morgan fingerprint density at radius 3 is 2.48 bits per heavy atom. The molecule has 7 nitrogen and oxygen atoms in total. The summed E-state index contributed by atoms with van der Waals surface area (Å²) in [5.41, 5.74) is 1.52. The molecule has 7 heteroatoms. The highest BCUT2D eigenvalue weighted by atomic mass is 16.5. The molecule has 0 unspecified atom stereocenters. The average Bonchev–Trinajstić information content (AvgIpc) is 3.07. The molecule has 2 aliphatic heterocycles. The van der Waals surface area contributed by atoms with Crippen molar-refractivity contribution >= 4 is 23.2 Å². The Kier molecular flexibility index (Phi) is 5.31. The van der Waals surface area contributed by atoms with Gasteiger partial charge in [0.05, 0.1) is 13.7 Å². The van der Waals surface area contributed by atoms with Gasteiger partial charge >= 0.3 is 0 Å². The normalized spacial score (nSPS) is 18.2. The number of rotatable bonds is 5. The van der Waals surface area contributed by atoms with Crippen LogP contribution in [0.5, 0.6) is 5.75 Å². The number of methoxy groups -OCH3 is 1. The Balaban J connectivity index is 1.33. The van der Waals surface area contributed by atoms with E-state index in [0.29, 0.717) is 38.2 Å². The average molecular weight is 392 g/mol. The van der Waals surface area contributed by atoms with Gasteiger partial charge in [0, 0.05) is 37.2 Å². The van der Waals surface area contributed by atoms with Crippen LogP contribution in [-0.2, 0) is 9.59 Å². The van der Waals surface area contributed by atoms with E-state index in [1.807, 2.05) is 54.6 Å². The van der Waals surface area contributed by atoms with Gasteiger partial charge in [-0.05, 0) is 24.3 Å². The van der Waals surface area contributed by atoms with Crippen molar-refractivity contribution in [3.8, 4) is 5.75 Å². The summed E-state index contributed by atoms with van der Waals surface area (Å²) in [5.74, 6) is 0.565. The van der Waals surface area contributed by atoms with Crippen molar-refractivity contribution in [3.05, 3.63) is 60.2 Å². The fraction of sp³-hybridized carbons (Fsp3) is 0.318. The number of piperidine rings is 1. The molecule has 2 amide bonds. The van der Waals surface area contributed by atoms with Crippen LogP contribution in [-0.4, -0.2) is 54.8 Å². The maximum Gasteiger partial charge on any atom is 0.272 e. The van der Waals surface area contributed by atoms with Gasteiger partial charge in [0.1, 0.15) is 17.1 Å². The smallest absolute Gasteiger partial charge is 0.272 e. The van der Waals surface area contributed by atoms with Crippen LogP contribution < -0.4 is 15.4 Å². The summed E-state index contributed by atoms with van der Waals surface area (Å²) in [7, 11) is 1.61. The fourth-order valence-electron chi connectivity index (χ4n) is 3.75. The summed E-state index contributed by atoms with van der Waals surface area (Å²) in [4.78, 5) is 31.6. The van der Waals surface area contributed by atoms with Gasteiger partial charge in [0.15, 0.2) is 0 Å². The largest absolute Gasteiger partial charge is 0.497 e. The molecule has 1 spiro atoms. The summed E-state index contributed by atoms with van der Waals surface area (Å²) in [6, 6.07) is 16.8. The number of hydrogen-bond acceptors (Lipinski definition) is 5. The SMILES string of the molecule is COc1ccc(NC(=O)CN2CCC3(CC2)N=C(c2ccccc2)C(=O)N3)cc1. The fourth-order valence-corrected chi connectivity index (χ4v) is 3.75. The zero-order valence-electron chi connectivity index (χ0n) is 16.4. The molecule has 29 heavy (non-hydrogen) atoms. The van der Waals surface area contributed by atoms with Crippen molar-refractivity contribution < 1.29 is 14.3 Å². The Morgan fingerprint density at radius 2 is 1.83 bits per heavy atom. The molecule has 2 N–H and O–H groups in total. The molecule has 2 aliphatic rings. The second-order valence-corrected chi connectivity index (χ2v) is 7.36. The zero-order valence-corrected chi connectivity index (χ0v) is 16.4. The molecule has 0 saturated carbocycles. The number of amides is 2. The van der Waals surface area contributed by atoms with Crippen molar-refractivity contribution in [3.63, 3.8) is 0 Å². The van der Waals surface area contributed by atoms with E-state index in [1.165, 1.54) is 0 Å². The predicted octanol–water partition coefficient (Wildman–Crippen LogP) is 2.04. The molecule has 0 aliphatic carbocycles. The van der Waals surface area contributed by atoms with Gasteiger partial charge in [0.2, 0.25) is 5.91 Å². The Hall–Kier alpha value is -3.19. The van der Waals surface area contributed by atoms with Crippen molar-refractivity contribution in [2.75, 3.05) is 32.1 Å². The lowest BCUT2D eigenvalue weighted by Gasteiger charge is -2.36. The minimum Gasteiger partial charge on any atom is -0.497 e. The summed E-state index contributed by atoms with van der Waals surface area (Å²) in [5, 5.41) is 5.96. The molecule has 0 radical (unpaired) electrons. The highest BCUT2D eigenvalue weighted by Gasteiger charge is 2.42. The van der Waals surface area contributed by atoms with Crippen LogP contribution in [0.15, 0.2) is 59.6 Å². The summed E-state index contributed by atoms with van der Waals surface area (Å²) >= 11 is 0. The maximum absolute atomic E-state index is 12.4. The topological polar surface area (TPSA) is 83.0 Å². The van der Waals surface area contributed by atoms with E-state index in [0.717, 1.165) is 17.0 Å². The Labute approximate surface area is 169 Å². The van der Waals surface area contributed by atoms with Gasteiger partial charge in [-0.2, -0.15) is 0 Å². The Morgan fingerprint density at radius 1 is 1.14 bits per heavy atom. The number of nitrogens with zero attached hydrogens (tertiary/aromatic N) is 2. The van der Waals surface area contributed by atoms with Crippen molar-refractivity contribution in [2.45, 2.75) is 18.5 Å². The third kappa shape index (κ3) is 4.30. The van der Waals surface area contributed by atoms with Gasteiger partial charge in [0.25, 0.3) is 5.91 Å². The quantitative estimate of drug-likeness (QED) is 0.816. The summed E-state index contributed by atoms with van der Waals surface area (Å²) < 4.78 is 5.12. The van der Waals surface area contributed by atoms with E-state index in [1.54, 1.807) is 7.11 Å². The molecule has 0 bridgehead atoms. The van der Waals surface area contributed by atoms with Crippen molar-refractivity contribution in [1.82, 2.24) is 10.2 Å². The van der Waals surface area contributed by atoms with Gasteiger partial charge in [-0.25, -0.2) is 0 Å². The number of anilines is 1. The molecule has 2 aromatic carbocycles. The van der Waals surface area contributed by atoms with Crippen LogP contribution in [0.4, 0.5) is 5.69 Å². The van der Waals surface area contributed by atoms with Crippen LogP contribution in [0.3, 0.4) is 0 Å². The minimum absolute atomic E-state index is 0.0601. The van der Waals surface area contributed by atoms with E-state index in [4.69, 9.17) is 9.73 Å². The summed E-state index contributed by atoms with van der Waals surface area (Å²) in [6.45, 7) is 1.70. The minimum atomic E-state index is -0.550. The molecule has 4 rings (SSSR count). The number of carbonyl (C=O) groups is 2. The first-order valence-electron chi connectivity index (χ1n) is 9.71. The number of likely N-dealkylation sites (tertiary alicyclic amines) is 1. The van der Waals surface area contributed by atoms with E-state index in [-0.39, 0.29) is 11.8 Å². The highest BCUT2D eigenvalue weighted by Crippen LogP contribution is 2.28. The predicted molar refractivity (Wildman–Crippen MR) is 111 cm³/mol. The number of ether oxygens (including phenoxy) is 1. The first-order chi connectivity index (χ1) is 14.1. The number of hydrogen-bond donors (Lipinski definition) is 2. The first-order valence-corrected chi connectivity index (χ1v) is 9.71. The van der Waals surface area contributed by atoms with Crippen LogP contribution in [0, 0.1) is 0 Å². The van der Waals surface area contributed by atoms with Gasteiger partial charge in [-0.15, -0.1) is 0 Å². The van der Waals surface area contributed by atoms with Crippen molar-refractivity contribution in [1.29, 1.82) is 0 Å². The molecule has 2 heterocycles. The van der Waals surface area contributed by atoms with Crippen LogP contribution in [0.25, 0.3) is 0 Å². The lowest BCUT2D eigenvalue weighted by Crippen LogP contribution is -2.52. The van der Waals surface area contributed by atoms with Crippen molar-refractivity contribution in [2.24, 2.45) is 4.99 Å². The molecule has 0 aromatic heterocycles.